The maximum atomic E-state index is 15.1. The van der Waals surface area contributed by atoms with Crippen LogP contribution in [0.1, 0.15) is 25.7 Å². The Morgan fingerprint density at radius 3 is 1.44 bits per heavy atom. The lowest BCUT2D eigenvalue weighted by Gasteiger charge is -2.30. The van der Waals surface area contributed by atoms with E-state index < -0.39 is 11.6 Å². The maximum Gasteiger partial charge on any atom is 0.247 e. The van der Waals surface area contributed by atoms with Crippen molar-refractivity contribution >= 4 is 79.6 Å². The Bertz CT molecular complexity index is 3270. The Hall–Kier alpha value is -8.60. The van der Waals surface area contributed by atoms with E-state index in [-0.39, 0.29) is 11.8 Å². The summed E-state index contributed by atoms with van der Waals surface area (Å²) >= 11 is 0. The Morgan fingerprint density at radius 1 is 0.575 bits per heavy atom. The highest BCUT2D eigenvalue weighted by Gasteiger charge is 2.19. The summed E-state index contributed by atoms with van der Waals surface area (Å²) in [7, 11) is 2.16. The average Bonchev–Trinajstić information content (AvgIpc) is 3.41. The maximum absolute atomic E-state index is 15.1. The standard InChI is InChI=1S/C29H29FN6O.C28H27FN6O/c1-3-26(37)33-24-6-4-5-19(17-24)27-25(30)12-7-20-18-31-29(35-28(20)27)34-22-10-8-21(9-11-22)32-23-13-15-36(2)16-14-23;1-2-25(36)33-23-5-3-4-18(16-23)26-24(29)11-6-19-17-31-28(35-27(19)26)34-21-9-7-20(8-10-21)32-22-12-14-30-15-13-22/h3-12,17-18,23,32H,1,13-16H2,2H3,(H,33,37)(H,31,34,35);2-11,16-17,22,30,32H,1,12-15H2,(H,33,36)(H,31,34,35). The van der Waals surface area contributed by atoms with Crippen LogP contribution < -0.4 is 37.2 Å². The molecule has 0 radical (unpaired) electrons. The molecule has 73 heavy (non-hydrogen) atoms. The summed E-state index contributed by atoms with van der Waals surface area (Å²) < 4.78 is 30.2. The van der Waals surface area contributed by atoms with Crippen molar-refractivity contribution in [1.82, 2.24) is 30.2 Å². The number of hydrogen-bond donors (Lipinski definition) is 7. The van der Waals surface area contributed by atoms with E-state index in [4.69, 9.17) is 0 Å². The van der Waals surface area contributed by atoms with Crippen LogP contribution in [-0.2, 0) is 9.59 Å². The molecule has 10 rings (SSSR count). The molecule has 0 spiro atoms. The van der Waals surface area contributed by atoms with E-state index in [0.29, 0.717) is 79.4 Å². The van der Waals surface area contributed by atoms with Crippen molar-refractivity contribution in [3.63, 3.8) is 0 Å². The Kier molecular flexibility index (Phi) is 15.6. The van der Waals surface area contributed by atoms with Crippen LogP contribution in [0.15, 0.2) is 159 Å². The van der Waals surface area contributed by atoms with Crippen molar-refractivity contribution in [3.8, 4) is 22.3 Å². The molecule has 2 fully saturated rings. The number of piperidine rings is 2. The van der Waals surface area contributed by atoms with Crippen LogP contribution in [0.5, 0.6) is 0 Å². The van der Waals surface area contributed by atoms with Gasteiger partial charge < -0.3 is 42.1 Å². The minimum Gasteiger partial charge on any atom is -0.382 e. The molecule has 2 aliphatic heterocycles. The van der Waals surface area contributed by atoms with Crippen molar-refractivity contribution in [2.24, 2.45) is 0 Å². The highest BCUT2D eigenvalue weighted by atomic mass is 19.1. The molecule has 16 heteroatoms. The molecular weight excluding hydrogens is 923 g/mol. The Labute approximate surface area is 422 Å². The SMILES string of the molecule is C=CC(=O)Nc1cccc(-c2c(F)ccc3cnc(Nc4ccc(NC5CCN(C)CC5)cc4)nc23)c1.C=CC(=O)Nc1cccc(-c2c(F)ccc3cnc(Nc4ccc(NC5CCNCC5)cc4)nc23)c1. The average molecular weight is 979 g/mol. The predicted molar refractivity (Wildman–Crippen MR) is 291 cm³/mol. The van der Waals surface area contributed by atoms with E-state index in [0.717, 1.165) is 74.6 Å². The van der Waals surface area contributed by atoms with Gasteiger partial charge in [-0.2, -0.15) is 0 Å². The van der Waals surface area contributed by atoms with Crippen LogP contribution in [0.3, 0.4) is 0 Å². The minimum atomic E-state index is -0.410. The summed E-state index contributed by atoms with van der Waals surface area (Å²) in [5.41, 5.74) is 7.72. The van der Waals surface area contributed by atoms with Gasteiger partial charge in [0.1, 0.15) is 11.6 Å². The van der Waals surface area contributed by atoms with Crippen molar-refractivity contribution in [2.75, 3.05) is 65.1 Å². The molecular formula is C57H56F2N12O2. The number of nitrogens with one attached hydrogen (secondary N) is 7. The molecule has 14 nitrogen and oxygen atoms in total. The number of hydrogen-bond acceptors (Lipinski definition) is 12. The number of nitrogens with zero attached hydrogens (tertiary/aromatic N) is 5. The van der Waals surface area contributed by atoms with Crippen molar-refractivity contribution in [3.05, 3.63) is 171 Å². The fourth-order valence-corrected chi connectivity index (χ4v) is 8.86. The zero-order chi connectivity index (χ0) is 50.7. The van der Waals surface area contributed by atoms with Gasteiger partial charge in [0.05, 0.1) is 11.0 Å². The molecule has 4 heterocycles. The molecule has 2 aromatic heterocycles. The molecule has 0 bridgehead atoms. The molecule has 6 aromatic carbocycles. The molecule has 370 valence electrons. The second-order valence-corrected chi connectivity index (χ2v) is 18.0. The fraction of sp³-hybridized carbons (Fsp3) is 0.193. The summed E-state index contributed by atoms with van der Waals surface area (Å²) in [6.07, 6.45) is 10.2. The summed E-state index contributed by atoms with van der Waals surface area (Å²) in [6.45, 7) is 11.2. The second kappa shape index (κ2) is 23.1. The first-order valence-corrected chi connectivity index (χ1v) is 24.2. The number of halogens is 2. The van der Waals surface area contributed by atoms with Gasteiger partial charge in [-0.15, -0.1) is 0 Å². The van der Waals surface area contributed by atoms with Gasteiger partial charge >= 0.3 is 0 Å². The number of carbonyl (C=O) groups excluding carboxylic acids is 2. The highest BCUT2D eigenvalue weighted by Crippen LogP contribution is 2.34. The van der Waals surface area contributed by atoms with Crippen molar-refractivity contribution in [2.45, 2.75) is 37.8 Å². The van der Waals surface area contributed by atoms with Gasteiger partial charge in [-0.1, -0.05) is 37.4 Å². The van der Waals surface area contributed by atoms with Crippen LogP contribution in [0.25, 0.3) is 44.1 Å². The quantitative estimate of drug-likeness (QED) is 0.0515. The van der Waals surface area contributed by atoms with E-state index in [1.807, 2.05) is 48.5 Å². The molecule has 0 aliphatic carbocycles. The number of aromatic nitrogens is 4. The lowest BCUT2D eigenvalue weighted by atomic mass is 10.0. The van der Waals surface area contributed by atoms with Crippen molar-refractivity contribution in [1.29, 1.82) is 0 Å². The highest BCUT2D eigenvalue weighted by molar-refractivity contribution is 6.01. The first-order chi connectivity index (χ1) is 35.6. The molecule has 2 amide bonds. The number of fused-ring (bicyclic) bond motifs is 2. The molecule has 0 atom stereocenters. The molecule has 0 unspecified atom stereocenters. The zero-order valence-electron chi connectivity index (χ0n) is 40.4. The van der Waals surface area contributed by atoms with Gasteiger partial charge in [-0.3, -0.25) is 9.59 Å². The molecule has 2 saturated heterocycles. The smallest absolute Gasteiger partial charge is 0.247 e. The normalized spacial score (nSPS) is 14.1. The predicted octanol–water partition coefficient (Wildman–Crippen LogP) is 11.3. The minimum absolute atomic E-state index is 0.336. The topological polar surface area (TPSA) is 173 Å². The number of rotatable bonds is 14. The van der Waals surface area contributed by atoms with E-state index >= 15 is 8.78 Å². The third kappa shape index (κ3) is 12.7. The number of amides is 2. The number of likely N-dealkylation sites (tertiary alicyclic amines) is 1. The van der Waals surface area contributed by atoms with E-state index in [1.54, 1.807) is 73.1 Å². The van der Waals surface area contributed by atoms with Gasteiger partial charge in [0.2, 0.25) is 23.7 Å². The van der Waals surface area contributed by atoms with Crippen LogP contribution in [0, 0.1) is 11.6 Å². The second-order valence-electron chi connectivity index (χ2n) is 18.0. The molecule has 0 saturated carbocycles. The van der Waals surface area contributed by atoms with E-state index in [1.165, 1.54) is 24.3 Å². The Balaban J connectivity index is 0.000000180. The van der Waals surface area contributed by atoms with E-state index in [9.17, 15) is 9.59 Å². The van der Waals surface area contributed by atoms with Gasteiger partial charge in [-0.25, -0.2) is 28.7 Å². The molecule has 7 N–H and O–H groups in total. The number of anilines is 8. The largest absolute Gasteiger partial charge is 0.382 e. The van der Waals surface area contributed by atoms with Crippen LogP contribution in [0.4, 0.5) is 54.8 Å². The van der Waals surface area contributed by atoms with Crippen LogP contribution in [0.2, 0.25) is 0 Å². The number of benzene rings is 6. The zero-order valence-corrected chi connectivity index (χ0v) is 40.4. The first kappa shape index (κ1) is 49.4. The molecule has 2 aliphatic rings. The summed E-state index contributed by atoms with van der Waals surface area (Å²) in [5, 5.41) is 23.8. The lowest BCUT2D eigenvalue weighted by molar-refractivity contribution is -0.112. The van der Waals surface area contributed by atoms with Crippen LogP contribution in [-0.4, -0.2) is 82.0 Å². The summed E-state index contributed by atoms with van der Waals surface area (Å²) in [4.78, 5) is 43.9. The number of carbonyl (C=O) groups is 2. The summed E-state index contributed by atoms with van der Waals surface area (Å²) in [6, 6.07) is 37.1. The molecule has 8 aromatic rings. The third-order valence-electron chi connectivity index (χ3n) is 12.7. The lowest BCUT2D eigenvalue weighted by Crippen LogP contribution is -2.36. The van der Waals surface area contributed by atoms with Gasteiger partial charge in [0.25, 0.3) is 0 Å². The third-order valence-corrected chi connectivity index (χ3v) is 12.7. The monoisotopic (exact) mass is 978 g/mol. The van der Waals surface area contributed by atoms with Gasteiger partial charge in [0, 0.05) is 80.5 Å². The Morgan fingerprint density at radius 2 is 1.00 bits per heavy atom. The van der Waals surface area contributed by atoms with Gasteiger partial charge in [-0.05, 0) is 179 Å². The fourth-order valence-electron chi connectivity index (χ4n) is 8.86. The first-order valence-electron chi connectivity index (χ1n) is 24.2. The summed E-state index contributed by atoms with van der Waals surface area (Å²) in [5.74, 6) is -0.759. The van der Waals surface area contributed by atoms with Gasteiger partial charge in [0.15, 0.2) is 0 Å². The van der Waals surface area contributed by atoms with Crippen molar-refractivity contribution < 1.29 is 18.4 Å². The van der Waals surface area contributed by atoms with Crippen LogP contribution >= 0.6 is 0 Å². The van der Waals surface area contributed by atoms with E-state index in [2.05, 4.69) is 82.3 Å².